The maximum atomic E-state index is 13.2. The summed E-state index contributed by atoms with van der Waals surface area (Å²) in [5, 5.41) is 5.06. The summed E-state index contributed by atoms with van der Waals surface area (Å²) in [6, 6.07) is 27.1. The van der Waals surface area contributed by atoms with Crippen molar-refractivity contribution in [2.75, 3.05) is 14.2 Å². The molecule has 0 saturated heterocycles. The van der Waals surface area contributed by atoms with Crippen molar-refractivity contribution in [3.63, 3.8) is 0 Å². The molecule has 0 aliphatic carbocycles. The van der Waals surface area contributed by atoms with Crippen LogP contribution in [0.2, 0.25) is 0 Å². The lowest BCUT2D eigenvalue weighted by atomic mass is 10.0. The highest BCUT2D eigenvalue weighted by atomic mass is 79.9. The average Bonchev–Trinajstić information content (AvgIpc) is 3.37. The van der Waals surface area contributed by atoms with Gasteiger partial charge in [0.2, 0.25) is 0 Å². The monoisotopic (exact) mass is 597 g/mol. The van der Waals surface area contributed by atoms with E-state index in [4.69, 9.17) is 14.2 Å². The van der Waals surface area contributed by atoms with Gasteiger partial charge < -0.3 is 19.2 Å². The molecule has 8 nitrogen and oxygen atoms in total. The topological polar surface area (TPSA) is 102 Å². The third-order valence-corrected chi connectivity index (χ3v) is 6.62. The number of esters is 1. The van der Waals surface area contributed by atoms with Gasteiger partial charge in [0.25, 0.3) is 5.91 Å². The molecule has 0 aliphatic rings. The van der Waals surface area contributed by atoms with Gasteiger partial charge in [0.05, 0.1) is 26.0 Å². The number of aromatic amines is 1. The Labute approximate surface area is 238 Å². The zero-order valence-corrected chi connectivity index (χ0v) is 23.2. The minimum absolute atomic E-state index is 0.244. The first-order valence-electron chi connectivity index (χ1n) is 12.2. The fourth-order valence-corrected chi connectivity index (χ4v) is 4.58. The number of halogens is 1. The number of aromatic nitrogens is 1. The Bertz CT molecular complexity index is 1730. The van der Waals surface area contributed by atoms with Gasteiger partial charge in [0.15, 0.2) is 11.5 Å². The van der Waals surface area contributed by atoms with Crippen molar-refractivity contribution in [1.29, 1.82) is 0 Å². The standard InChI is InChI=1S/C31H24BrN3O5/c1-38-23-10-6-9-21(16-23)31(37)40-26-14-11-19(15-27(26)39-2)18-33-35-30(36)29-28(20-7-4-3-5-8-20)24-17-22(32)12-13-25(24)34-29/h3-18,34H,1-2H3,(H,35,36). The molecule has 0 atom stereocenters. The van der Waals surface area contributed by atoms with Crippen LogP contribution in [0.15, 0.2) is 101 Å². The lowest BCUT2D eigenvalue weighted by Crippen LogP contribution is -2.18. The van der Waals surface area contributed by atoms with Crippen LogP contribution in [-0.4, -0.2) is 37.3 Å². The molecule has 5 aromatic rings. The molecule has 0 spiro atoms. The zero-order valence-electron chi connectivity index (χ0n) is 21.6. The number of methoxy groups -OCH3 is 2. The molecule has 200 valence electrons. The molecule has 5 rings (SSSR count). The number of nitrogens with one attached hydrogen (secondary N) is 2. The number of H-pyrrole nitrogens is 1. The quantitative estimate of drug-likeness (QED) is 0.0908. The van der Waals surface area contributed by atoms with E-state index in [0.717, 1.165) is 26.5 Å². The minimum atomic E-state index is -0.550. The number of ether oxygens (including phenoxy) is 3. The third-order valence-electron chi connectivity index (χ3n) is 6.13. The first-order chi connectivity index (χ1) is 19.5. The van der Waals surface area contributed by atoms with Crippen molar-refractivity contribution >= 4 is 44.9 Å². The van der Waals surface area contributed by atoms with Crippen LogP contribution >= 0.6 is 15.9 Å². The van der Waals surface area contributed by atoms with Crippen LogP contribution in [0.25, 0.3) is 22.0 Å². The number of carbonyl (C=O) groups excluding carboxylic acids is 2. The summed E-state index contributed by atoms with van der Waals surface area (Å²) in [6.45, 7) is 0. The van der Waals surface area contributed by atoms with Gasteiger partial charge in [-0.25, -0.2) is 10.2 Å². The van der Waals surface area contributed by atoms with E-state index in [1.165, 1.54) is 20.4 Å². The first kappa shape index (κ1) is 26.7. The Morgan fingerprint density at radius 2 is 1.70 bits per heavy atom. The zero-order chi connectivity index (χ0) is 28.1. The summed E-state index contributed by atoms with van der Waals surface area (Å²) in [5.41, 5.74) is 6.49. The van der Waals surface area contributed by atoms with E-state index < -0.39 is 11.9 Å². The van der Waals surface area contributed by atoms with Crippen molar-refractivity contribution < 1.29 is 23.8 Å². The Morgan fingerprint density at radius 3 is 2.48 bits per heavy atom. The summed E-state index contributed by atoms with van der Waals surface area (Å²) in [6.07, 6.45) is 1.48. The van der Waals surface area contributed by atoms with E-state index in [9.17, 15) is 9.59 Å². The number of hydrogen-bond donors (Lipinski definition) is 2. The summed E-state index contributed by atoms with van der Waals surface area (Å²) in [5.74, 6) is 0.183. The molecule has 0 saturated carbocycles. The lowest BCUT2D eigenvalue weighted by Gasteiger charge is -2.10. The molecule has 0 fully saturated rings. The molecule has 2 N–H and O–H groups in total. The second-order valence-electron chi connectivity index (χ2n) is 8.66. The van der Waals surface area contributed by atoms with Crippen LogP contribution in [0.3, 0.4) is 0 Å². The smallest absolute Gasteiger partial charge is 0.343 e. The molecule has 0 unspecified atom stereocenters. The van der Waals surface area contributed by atoms with Crippen LogP contribution in [0.1, 0.15) is 26.4 Å². The van der Waals surface area contributed by atoms with Gasteiger partial charge in [0, 0.05) is 20.9 Å². The van der Waals surface area contributed by atoms with Gasteiger partial charge in [-0.05, 0) is 65.7 Å². The fourth-order valence-electron chi connectivity index (χ4n) is 4.22. The molecule has 4 aromatic carbocycles. The van der Waals surface area contributed by atoms with Crippen LogP contribution in [0, 0.1) is 0 Å². The highest BCUT2D eigenvalue weighted by Crippen LogP contribution is 2.34. The van der Waals surface area contributed by atoms with Crippen molar-refractivity contribution in [3.05, 3.63) is 112 Å². The van der Waals surface area contributed by atoms with Crippen LogP contribution < -0.4 is 19.6 Å². The van der Waals surface area contributed by atoms with Crippen LogP contribution in [0.5, 0.6) is 17.2 Å². The molecule has 1 heterocycles. The Balaban J connectivity index is 1.34. The summed E-state index contributed by atoms with van der Waals surface area (Å²) < 4.78 is 17.0. The van der Waals surface area contributed by atoms with E-state index in [2.05, 4.69) is 31.4 Å². The molecular weight excluding hydrogens is 574 g/mol. The van der Waals surface area contributed by atoms with Gasteiger partial charge >= 0.3 is 5.97 Å². The Morgan fingerprint density at radius 1 is 0.875 bits per heavy atom. The van der Waals surface area contributed by atoms with Crippen molar-refractivity contribution in [3.8, 4) is 28.4 Å². The fraction of sp³-hybridized carbons (Fsp3) is 0.0645. The van der Waals surface area contributed by atoms with Crippen molar-refractivity contribution in [1.82, 2.24) is 10.4 Å². The van der Waals surface area contributed by atoms with Gasteiger partial charge in [0.1, 0.15) is 11.4 Å². The largest absolute Gasteiger partial charge is 0.497 e. The number of fused-ring (bicyclic) bond motifs is 1. The maximum Gasteiger partial charge on any atom is 0.343 e. The molecular formula is C31H24BrN3O5. The van der Waals surface area contributed by atoms with Gasteiger partial charge in [-0.2, -0.15) is 5.10 Å². The van der Waals surface area contributed by atoms with Gasteiger partial charge in [-0.15, -0.1) is 0 Å². The van der Waals surface area contributed by atoms with Gasteiger partial charge in [-0.3, -0.25) is 4.79 Å². The second-order valence-corrected chi connectivity index (χ2v) is 9.58. The maximum absolute atomic E-state index is 13.2. The van der Waals surface area contributed by atoms with E-state index in [0.29, 0.717) is 28.3 Å². The number of benzene rings is 4. The Hall–Kier alpha value is -4.89. The molecule has 0 aliphatic heterocycles. The minimum Gasteiger partial charge on any atom is -0.497 e. The highest BCUT2D eigenvalue weighted by molar-refractivity contribution is 9.10. The first-order valence-corrected chi connectivity index (χ1v) is 13.0. The van der Waals surface area contributed by atoms with E-state index in [1.54, 1.807) is 42.5 Å². The molecule has 1 amide bonds. The number of amides is 1. The van der Waals surface area contributed by atoms with E-state index in [1.807, 2.05) is 48.5 Å². The van der Waals surface area contributed by atoms with E-state index in [-0.39, 0.29) is 5.75 Å². The third kappa shape index (κ3) is 5.74. The summed E-state index contributed by atoms with van der Waals surface area (Å²) in [4.78, 5) is 29.0. The van der Waals surface area contributed by atoms with Crippen molar-refractivity contribution in [2.24, 2.45) is 5.10 Å². The molecule has 40 heavy (non-hydrogen) atoms. The summed E-state index contributed by atoms with van der Waals surface area (Å²) in [7, 11) is 3.00. The molecule has 1 aromatic heterocycles. The lowest BCUT2D eigenvalue weighted by molar-refractivity contribution is 0.0729. The molecule has 9 heteroatoms. The molecule has 0 bridgehead atoms. The SMILES string of the molecule is COc1cccc(C(=O)Oc2ccc(C=NNC(=O)c3[nH]c4ccc(Br)cc4c3-c3ccccc3)cc2OC)c1. The van der Waals surface area contributed by atoms with Crippen molar-refractivity contribution in [2.45, 2.75) is 0 Å². The number of carbonyl (C=O) groups is 2. The summed E-state index contributed by atoms with van der Waals surface area (Å²) >= 11 is 3.52. The van der Waals surface area contributed by atoms with E-state index >= 15 is 0 Å². The number of hydrazone groups is 1. The predicted molar refractivity (Wildman–Crippen MR) is 157 cm³/mol. The number of hydrogen-bond acceptors (Lipinski definition) is 6. The highest BCUT2D eigenvalue weighted by Gasteiger charge is 2.19. The number of rotatable bonds is 8. The normalized spacial score (nSPS) is 11.0. The molecule has 0 radical (unpaired) electrons. The Kier molecular flexibility index (Phi) is 7.93. The average molecular weight is 598 g/mol. The second kappa shape index (κ2) is 11.9. The van der Waals surface area contributed by atoms with Crippen LogP contribution in [0.4, 0.5) is 0 Å². The van der Waals surface area contributed by atoms with Gasteiger partial charge in [-0.1, -0.05) is 52.3 Å². The number of nitrogens with zero attached hydrogens (tertiary/aromatic N) is 1. The van der Waals surface area contributed by atoms with Crippen LogP contribution in [-0.2, 0) is 0 Å². The predicted octanol–water partition coefficient (Wildman–Crippen LogP) is 6.60.